The first kappa shape index (κ1) is 22.4. The Bertz CT molecular complexity index is 1080. The van der Waals surface area contributed by atoms with Gasteiger partial charge in [-0.05, 0) is 41.0 Å². The first-order valence-corrected chi connectivity index (χ1v) is 11.7. The molecule has 2 aromatic rings. The van der Waals surface area contributed by atoms with Crippen molar-refractivity contribution in [3.8, 4) is 11.1 Å². The van der Waals surface area contributed by atoms with Gasteiger partial charge in [-0.2, -0.15) is 0 Å². The first-order chi connectivity index (χ1) is 16.3. The predicted octanol–water partition coefficient (Wildman–Crippen LogP) is 2.74. The van der Waals surface area contributed by atoms with Crippen LogP contribution in [0, 0.1) is 5.92 Å². The Labute approximate surface area is 197 Å². The molecule has 2 amide bonds. The number of nitrogens with zero attached hydrogens (tertiary/aromatic N) is 1. The molecule has 1 aliphatic heterocycles. The van der Waals surface area contributed by atoms with Crippen molar-refractivity contribution in [1.29, 1.82) is 0 Å². The molecule has 1 saturated heterocycles. The summed E-state index contributed by atoms with van der Waals surface area (Å²) in [6, 6.07) is 16.3. The van der Waals surface area contributed by atoms with Crippen molar-refractivity contribution in [1.82, 2.24) is 10.2 Å². The predicted molar refractivity (Wildman–Crippen MR) is 123 cm³/mol. The number of aliphatic carboxylic acids is 1. The highest BCUT2D eigenvalue weighted by atomic mass is 16.5. The highest BCUT2D eigenvalue weighted by Crippen LogP contribution is 2.44. The van der Waals surface area contributed by atoms with Gasteiger partial charge in [-0.15, -0.1) is 0 Å². The van der Waals surface area contributed by atoms with E-state index in [1.165, 1.54) is 16.0 Å². The number of hydrogen-bond donors (Lipinski definition) is 3. The van der Waals surface area contributed by atoms with Gasteiger partial charge in [0.05, 0.1) is 6.54 Å². The van der Waals surface area contributed by atoms with E-state index in [0.29, 0.717) is 19.3 Å². The second kappa shape index (κ2) is 8.76. The molecule has 1 unspecified atom stereocenters. The molecule has 1 saturated carbocycles. The number of alkyl carbamates (subject to hydrolysis) is 1. The Morgan fingerprint density at radius 1 is 1.03 bits per heavy atom. The van der Waals surface area contributed by atoms with E-state index in [1.54, 1.807) is 0 Å². The Balaban J connectivity index is 1.07. The number of nitrogens with one attached hydrogen (secondary N) is 1. The molecule has 1 heterocycles. The smallest absolute Gasteiger partial charge is 0.407 e. The minimum atomic E-state index is -1.84. The molecule has 8 nitrogen and oxygen atoms in total. The number of likely N-dealkylation sites (tertiary alicyclic amines) is 1. The second-order valence-corrected chi connectivity index (χ2v) is 9.61. The second-order valence-electron chi connectivity index (χ2n) is 9.61. The molecule has 2 aliphatic carbocycles. The summed E-state index contributed by atoms with van der Waals surface area (Å²) in [5.41, 5.74) is 2.84. The van der Waals surface area contributed by atoms with Crippen molar-refractivity contribution < 1.29 is 29.3 Å². The van der Waals surface area contributed by atoms with Crippen molar-refractivity contribution in [2.24, 2.45) is 5.92 Å². The van der Waals surface area contributed by atoms with Crippen LogP contribution in [-0.4, -0.2) is 64.4 Å². The molecule has 0 spiro atoms. The van der Waals surface area contributed by atoms with Crippen molar-refractivity contribution >= 4 is 18.0 Å². The van der Waals surface area contributed by atoms with Gasteiger partial charge in [0, 0.05) is 31.3 Å². The summed E-state index contributed by atoms with van der Waals surface area (Å²) in [4.78, 5) is 37.4. The average molecular weight is 465 g/mol. The lowest BCUT2D eigenvalue weighted by atomic mass is 9.78. The molecule has 0 bridgehead atoms. The molecular weight excluding hydrogens is 436 g/mol. The van der Waals surface area contributed by atoms with Gasteiger partial charge in [-0.1, -0.05) is 48.5 Å². The quantitative estimate of drug-likeness (QED) is 0.605. The van der Waals surface area contributed by atoms with Gasteiger partial charge in [-0.25, -0.2) is 9.59 Å². The van der Waals surface area contributed by atoms with Crippen LogP contribution in [0.2, 0.25) is 0 Å². The number of carbonyl (C=O) groups excluding carboxylic acids is 2. The van der Waals surface area contributed by atoms with Crippen molar-refractivity contribution in [2.45, 2.75) is 43.2 Å². The molecule has 8 heteroatoms. The molecule has 3 aliphatic rings. The molecule has 5 rings (SSSR count). The van der Waals surface area contributed by atoms with E-state index in [0.717, 1.165) is 11.1 Å². The molecule has 0 radical (unpaired) electrons. The Morgan fingerprint density at radius 3 is 2.24 bits per heavy atom. The van der Waals surface area contributed by atoms with Crippen molar-refractivity contribution in [3.63, 3.8) is 0 Å². The van der Waals surface area contributed by atoms with Gasteiger partial charge in [-0.3, -0.25) is 4.79 Å². The van der Waals surface area contributed by atoms with Crippen molar-refractivity contribution in [3.05, 3.63) is 59.7 Å². The lowest BCUT2D eigenvalue weighted by molar-refractivity contribution is -0.157. The molecule has 0 aromatic heterocycles. The third-order valence-corrected chi connectivity index (χ3v) is 7.36. The first-order valence-electron chi connectivity index (χ1n) is 11.7. The third-order valence-electron chi connectivity index (χ3n) is 7.36. The van der Waals surface area contributed by atoms with Crippen LogP contribution < -0.4 is 5.32 Å². The topological polar surface area (TPSA) is 116 Å². The summed E-state index contributed by atoms with van der Waals surface area (Å²) in [6.07, 6.45) is 1.23. The summed E-state index contributed by atoms with van der Waals surface area (Å²) >= 11 is 0. The average Bonchev–Trinajstić information content (AvgIpc) is 3.36. The fourth-order valence-electron chi connectivity index (χ4n) is 5.38. The van der Waals surface area contributed by atoms with Crippen LogP contribution in [0.1, 0.15) is 42.7 Å². The SMILES string of the molecule is O=C(NC1CC(CC(=O)N2CCC(O)(C(=O)O)C2)C1)OCC1c2ccccc2-c2ccccc21. The molecule has 2 fully saturated rings. The van der Waals surface area contributed by atoms with Gasteiger partial charge < -0.3 is 25.2 Å². The van der Waals surface area contributed by atoms with Gasteiger partial charge in [0.1, 0.15) is 6.61 Å². The fourth-order valence-corrected chi connectivity index (χ4v) is 5.38. The van der Waals surface area contributed by atoms with Gasteiger partial charge in [0.25, 0.3) is 0 Å². The number of ether oxygens (including phenoxy) is 1. The zero-order valence-corrected chi connectivity index (χ0v) is 18.8. The summed E-state index contributed by atoms with van der Waals surface area (Å²) in [5, 5.41) is 22.0. The zero-order valence-electron chi connectivity index (χ0n) is 18.8. The van der Waals surface area contributed by atoms with E-state index in [1.807, 2.05) is 24.3 Å². The van der Waals surface area contributed by atoms with Crippen LogP contribution in [0.25, 0.3) is 11.1 Å². The van der Waals surface area contributed by atoms with Crippen LogP contribution in [-0.2, 0) is 14.3 Å². The van der Waals surface area contributed by atoms with Gasteiger partial charge >= 0.3 is 12.1 Å². The van der Waals surface area contributed by atoms with Gasteiger partial charge in [0.2, 0.25) is 5.91 Å². The number of rotatable bonds is 6. The van der Waals surface area contributed by atoms with Crippen LogP contribution in [0.3, 0.4) is 0 Å². The van der Waals surface area contributed by atoms with Crippen LogP contribution >= 0.6 is 0 Å². The largest absolute Gasteiger partial charge is 0.479 e. The van der Waals surface area contributed by atoms with E-state index >= 15 is 0 Å². The number of fused-ring (bicyclic) bond motifs is 3. The van der Waals surface area contributed by atoms with Crippen LogP contribution in [0.4, 0.5) is 4.79 Å². The van der Waals surface area contributed by atoms with Crippen molar-refractivity contribution in [2.75, 3.05) is 19.7 Å². The maximum atomic E-state index is 12.4. The summed E-state index contributed by atoms with van der Waals surface area (Å²) in [5.74, 6) is -1.31. The number of benzene rings is 2. The number of hydrogen-bond acceptors (Lipinski definition) is 5. The molecule has 1 atom stereocenters. The highest BCUT2D eigenvalue weighted by Gasteiger charge is 2.45. The normalized spacial score (nSPS) is 25.3. The molecule has 3 N–H and O–H groups in total. The number of carbonyl (C=O) groups is 3. The molecule has 34 heavy (non-hydrogen) atoms. The standard InChI is InChI=1S/C26H28N2O6/c29-23(28-10-9-26(33,15-28)24(30)31)13-16-11-17(12-16)27-25(32)34-14-22-20-7-3-1-5-18(20)19-6-2-4-8-21(19)22/h1-8,16-17,22,33H,9-15H2,(H,27,32)(H,30,31). The maximum Gasteiger partial charge on any atom is 0.407 e. The van der Waals surface area contributed by atoms with Crippen LogP contribution in [0.15, 0.2) is 48.5 Å². The van der Waals surface area contributed by atoms with Gasteiger partial charge in [0.15, 0.2) is 5.60 Å². The molecule has 178 valence electrons. The highest BCUT2D eigenvalue weighted by molar-refractivity contribution is 5.82. The molecular formula is C26H28N2O6. The van der Waals surface area contributed by atoms with E-state index < -0.39 is 17.7 Å². The molecule has 2 aromatic carbocycles. The number of carboxylic acid groups (broad SMARTS) is 1. The number of β-amino-alcohol motifs (C(OH)–C–C–N with tert-alkyl or cyclic N) is 1. The maximum absolute atomic E-state index is 12.4. The van der Waals surface area contributed by atoms with E-state index in [2.05, 4.69) is 29.6 Å². The minimum Gasteiger partial charge on any atom is -0.479 e. The van der Waals surface area contributed by atoms with E-state index in [9.17, 15) is 19.5 Å². The van der Waals surface area contributed by atoms with E-state index in [-0.39, 0.29) is 49.9 Å². The third kappa shape index (κ3) is 4.14. The summed E-state index contributed by atoms with van der Waals surface area (Å²) in [6.45, 7) is 0.334. The Morgan fingerprint density at radius 2 is 1.65 bits per heavy atom. The fraction of sp³-hybridized carbons (Fsp3) is 0.423. The summed E-state index contributed by atoms with van der Waals surface area (Å²) < 4.78 is 5.58. The lowest BCUT2D eigenvalue weighted by Gasteiger charge is -2.36. The number of amides is 2. The Hall–Kier alpha value is -3.39. The minimum absolute atomic E-state index is 0.00909. The van der Waals surface area contributed by atoms with Crippen LogP contribution in [0.5, 0.6) is 0 Å². The zero-order chi connectivity index (χ0) is 23.9. The Kier molecular flexibility index (Phi) is 5.77. The number of aliphatic hydroxyl groups is 1. The monoisotopic (exact) mass is 464 g/mol. The lowest BCUT2D eigenvalue weighted by Crippen LogP contribution is -2.47. The summed E-state index contributed by atoms with van der Waals surface area (Å²) in [7, 11) is 0. The van der Waals surface area contributed by atoms with E-state index in [4.69, 9.17) is 9.84 Å². The number of carboxylic acids is 1.